The van der Waals surface area contributed by atoms with Crippen LogP contribution in [0.5, 0.6) is 0 Å². The van der Waals surface area contributed by atoms with Crippen molar-refractivity contribution in [1.82, 2.24) is 4.90 Å². The first-order valence-electron chi connectivity index (χ1n) is 20.3. The monoisotopic (exact) mass is 712 g/mol. The van der Waals surface area contributed by atoms with E-state index < -0.39 is 11.0 Å². The molecule has 0 N–H and O–H groups in total. The minimum Gasteiger partial charge on any atom is -0.465 e. The highest BCUT2D eigenvalue weighted by molar-refractivity contribution is 5.84. The smallest absolute Gasteiger partial charge is 0.136 e. The van der Waals surface area contributed by atoms with Gasteiger partial charge in [0.05, 0.1) is 11.1 Å². The van der Waals surface area contributed by atoms with Gasteiger partial charge in [-0.2, -0.15) is 0 Å². The van der Waals surface area contributed by atoms with Gasteiger partial charge < -0.3 is 19.3 Å². The summed E-state index contributed by atoms with van der Waals surface area (Å²) in [5.41, 5.74) is 4.64. The summed E-state index contributed by atoms with van der Waals surface area (Å²) in [5.74, 6) is 2.20. The average Bonchev–Trinajstić information content (AvgIpc) is 4.14. The molecule has 0 bridgehead atoms. The Bertz CT molecular complexity index is 1720. The fourth-order valence-corrected chi connectivity index (χ4v) is 7.98. The van der Waals surface area contributed by atoms with E-state index in [9.17, 15) is 4.79 Å². The summed E-state index contributed by atoms with van der Waals surface area (Å²) >= 11 is 0. The van der Waals surface area contributed by atoms with E-state index in [1.54, 1.807) is 0 Å². The summed E-state index contributed by atoms with van der Waals surface area (Å²) in [7, 11) is 0. The molecule has 0 aliphatic heterocycles. The predicted octanol–water partition coefficient (Wildman–Crippen LogP) is 13.5. The molecule has 282 valence electrons. The van der Waals surface area contributed by atoms with Crippen molar-refractivity contribution in [2.24, 2.45) is 11.3 Å². The molecular weight excluding hydrogens is 649 g/mol. The first kappa shape index (κ1) is 41.2. The number of hydrogen-bond donors (Lipinski definition) is 0. The maximum atomic E-state index is 13.3. The minimum absolute atomic E-state index is 0.0219. The van der Waals surface area contributed by atoms with Crippen LogP contribution in [0.2, 0.25) is 0 Å². The van der Waals surface area contributed by atoms with Crippen LogP contribution in [0.1, 0.15) is 107 Å². The average molecular weight is 713 g/mol. The van der Waals surface area contributed by atoms with Crippen LogP contribution in [-0.2, 0) is 9.53 Å². The van der Waals surface area contributed by atoms with Gasteiger partial charge in [0.2, 0.25) is 0 Å². The van der Waals surface area contributed by atoms with Crippen molar-refractivity contribution in [2.45, 2.75) is 118 Å². The third-order valence-electron chi connectivity index (χ3n) is 10.9. The summed E-state index contributed by atoms with van der Waals surface area (Å²) in [5, 5.41) is 0. The van der Waals surface area contributed by atoms with E-state index in [0.29, 0.717) is 18.8 Å². The molecule has 4 atom stereocenters. The third-order valence-corrected chi connectivity index (χ3v) is 10.9. The fraction of sp³-hybridized carbons (Fsp3) is 0.408. The van der Waals surface area contributed by atoms with Crippen molar-refractivity contribution in [1.29, 1.82) is 0 Å². The van der Waals surface area contributed by atoms with Crippen molar-refractivity contribution >= 4 is 17.7 Å². The second-order valence-corrected chi connectivity index (χ2v) is 13.7. The normalized spacial score (nSPS) is 26.1. The number of allylic oxidation sites excluding steroid dienone is 11. The Morgan fingerprint density at radius 3 is 2.11 bits per heavy atom. The molecule has 2 saturated carbocycles. The van der Waals surface area contributed by atoms with Crippen LogP contribution in [0.15, 0.2) is 156 Å². The van der Waals surface area contributed by atoms with E-state index >= 15 is 0 Å². The van der Waals surface area contributed by atoms with Gasteiger partial charge in [-0.15, -0.1) is 0 Å². The Morgan fingerprint density at radius 2 is 1.51 bits per heavy atom. The molecule has 0 heterocycles. The maximum Gasteiger partial charge on any atom is 0.136 e. The number of benzene rings is 2. The Hall–Kier alpha value is -4.57. The van der Waals surface area contributed by atoms with Gasteiger partial charge in [0.25, 0.3) is 0 Å². The number of fused-ring (bicyclic) bond motifs is 2. The molecule has 0 aromatic heterocycles. The van der Waals surface area contributed by atoms with Crippen LogP contribution in [-0.4, -0.2) is 22.3 Å². The zero-order valence-corrected chi connectivity index (χ0v) is 33.9. The summed E-state index contributed by atoms with van der Waals surface area (Å²) < 4.78 is 6.93. The van der Waals surface area contributed by atoms with E-state index in [1.807, 2.05) is 59.8 Å². The predicted molar refractivity (Wildman–Crippen MR) is 227 cm³/mol. The topological polar surface area (TPSA) is 32.8 Å². The molecule has 0 saturated heterocycles. The molecule has 2 fully saturated rings. The van der Waals surface area contributed by atoms with Gasteiger partial charge in [0.15, 0.2) is 0 Å². The largest absolute Gasteiger partial charge is 0.465 e. The number of aldehydes is 1. The lowest BCUT2D eigenvalue weighted by Gasteiger charge is -2.37. The Labute approximate surface area is 321 Å². The molecule has 0 amide bonds. The third kappa shape index (κ3) is 8.17. The molecule has 2 aromatic rings. The van der Waals surface area contributed by atoms with Gasteiger partial charge in [-0.3, -0.25) is 0 Å². The molecule has 4 nitrogen and oxygen atoms in total. The SMILES string of the molecule is CC.CC.CC.CC/C(C)=C(\C/C=C(\C)N(C1=CC=CCCC1)C12C=CC=CC1C2)OC1=CC=CC2(N(c3ccccc3)c3ccccc3)CC12C=O. The first-order valence-corrected chi connectivity index (χ1v) is 20.3. The highest BCUT2D eigenvalue weighted by Crippen LogP contribution is 2.68. The molecular formula is C49H64N2O2. The maximum absolute atomic E-state index is 13.3. The van der Waals surface area contributed by atoms with E-state index in [4.69, 9.17) is 4.74 Å². The second-order valence-electron chi connectivity index (χ2n) is 13.7. The zero-order valence-electron chi connectivity index (χ0n) is 33.9. The van der Waals surface area contributed by atoms with E-state index in [-0.39, 0.29) is 5.54 Å². The summed E-state index contributed by atoms with van der Waals surface area (Å²) in [6.45, 7) is 18.6. The second kappa shape index (κ2) is 19.0. The van der Waals surface area contributed by atoms with Gasteiger partial charge in [-0.1, -0.05) is 140 Å². The minimum atomic E-state index is -0.783. The lowest BCUT2D eigenvalue weighted by atomic mass is 9.91. The first-order chi connectivity index (χ1) is 26.0. The van der Waals surface area contributed by atoms with E-state index in [0.717, 1.165) is 61.3 Å². The van der Waals surface area contributed by atoms with Crippen LogP contribution in [0.25, 0.3) is 0 Å². The number of ether oxygens (including phenoxy) is 1. The number of rotatable bonds is 12. The van der Waals surface area contributed by atoms with Crippen molar-refractivity contribution in [3.63, 3.8) is 0 Å². The number of hydrogen-bond acceptors (Lipinski definition) is 4. The highest BCUT2D eigenvalue weighted by Gasteiger charge is 2.74. The van der Waals surface area contributed by atoms with Gasteiger partial charge in [0, 0.05) is 35.1 Å². The lowest BCUT2D eigenvalue weighted by molar-refractivity contribution is -0.112. The number of carbonyl (C=O) groups is 1. The van der Waals surface area contributed by atoms with Crippen LogP contribution in [0, 0.1) is 11.3 Å². The highest BCUT2D eigenvalue weighted by atomic mass is 16.5. The van der Waals surface area contributed by atoms with Crippen molar-refractivity contribution in [3.8, 4) is 0 Å². The van der Waals surface area contributed by atoms with Gasteiger partial charge >= 0.3 is 0 Å². The van der Waals surface area contributed by atoms with Crippen molar-refractivity contribution in [3.05, 3.63) is 156 Å². The van der Waals surface area contributed by atoms with Crippen LogP contribution < -0.4 is 4.90 Å². The molecule has 7 rings (SSSR count). The number of anilines is 2. The number of para-hydroxylation sites is 2. The van der Waals surface area contributed by atoms with Gasteiger partial charge in [-0.25, -0.2) is 0 Å². The molecule has 4 heteroatoms. The molecule has 5 aliphatic rings. The molecule has 53 heavy (non-hydrogen) atoms. The fourth-order valence-electron chi connectivity index (χ4n) is 7.98. The quantitative estimate of drug-likeness (QED) is 0.162. The van der Waals surface area contributed by atoms with E-state index in [2.05, 4.69) is 140 Å². The van der Waals surface area contributed by atoms with Crippen LogP contribution in [0.4, 0.5) is 11.4 Å². The molecule has 2 aromatic carbocycles. The standard InChI is InChI=1S/C43H46N2O2.3C2H6/c1-4-33(2)39(27-26-34(3)44(36-19-9-5-6-10-20-36)42-28-16-15-18-35(42)30-42)47-40-25-17-29-43(31-41(40,43)32-46)45(37-21-11-7-12-22-37)38-23-13-8-14-24-38;3*1-2/h5,7-9,11-19,21-26,28-29,32,35H,4,6,10,20,27,30-31H2,1-3H3;3*1-2H3/b34-26+,39-33+;;;. The lowest BCUT2D eigenvalue weighted by Crippen LogP contribution is -2.40. The molecule has 4 unspecified atom stereocenters. The summed E-state index contributed by atoms with van der Waals surface area (Å²) in [6, 6.07) is 20.8. The Balaban J connectivity index is 0.000000996. The van der Waals surface area contributed by atoms with Gasteiger partial charge in [-0.05, 0) is 94.4 Å². The molecule has 0 spiro atoms. The number of nitrogens with zero attached hydrogens (tertiary/aromatic N) is 2. The summed E-state index contributed by atoms with van der Waals surface area (Å²) in [4.78, 5) is 18.2. The Morgan fingerprint density at radius 1 is 0.849 bits per heavy atom. The van der Waals surface area contributed by atoms with E-state index in [1.165, 1.54) is 17.0 Å². The van der Waals surface area contributed by atoms with Crippen LogP contribution >= 0.6 is 0 Å². The number of carbonyl (C=O) groups excluding carboxylic acids is 1. The van der Waals surface area contributed by atoms with Gasteiger partial charge in [0.1, 0.15) is 23.2 Å². The summed E-state index contributed by atoms with van der Waals surface area (Å²) in [6.07, 6.45) is 32.4. The van der Waals surface area contributed by atoms with Crippen LogP contribution in [0.3, 0.4) is 0 Å². The van der Waals surface area contributed by atoms with Crippen molar-refractivity contribution in [2.75, 3.05) is 4.90 Å². The molecule has 5 aliphatic carbocycles. The zero-order chi connectivity index (χ0) is 38.5. The Kier molecular flexibility index (Phi) is 14.7. The van der Waals surface area contributed by atoms with Crippen molar-refractivity contribution < 1.29 is 9.53 Å². The molecule has 0 radical (unpaired) electrons.